The van der Waals surface area contributed by atoms with Crippen LogP contribution < -0.4 is 0 Å². The van der Waals surface area contributed by atoms with Crippen LogP contribution in [-0.2, 0) is 9.47 Å². The third-order valence-corrected chi connectivity index (χ3v) is 1.39. The minimum Gasteiger partial charge on any atom is -0.508 e. The molecule has 1 rings (SSSR count). The van der Waals surface area contributed by atoms with Crippen molar-refractivity contribution in [3.8, 4) is 0 Å². The van der Waals surface area contributed by atoms with E-state index in [4.69, 9.17) is 9.47 Å². The molecule has 3 heteroatoms. The lowest BCUT2D eigenvalue weighted by atomic mass is 10.3. The van der Waals surface area contributed by atoms with E-state index >= 15 is 0 Å². The first-order chi connectivity index (χ1) is 5.83. The Balaban J connectivity index is 2.48. The van der Waals surface area contributed by atoms with Gasteiger partial charge >= 0.3 is 0 Å². The number of hydrogen-bond acceptors (Lipinski definition) is 3. The molecule has 12 heavy (non-hydrogen) atoms. The summed E-state index contributed by atoms with van der Waals surface area (Å²) >= 11 is 0. The molecule has 1 N–H and O–H groups in total. The average Bonchev–Trinajstić information content (AvgIpc) is 2.26. The van der Waals surface area contributed by atoms with Crippen LogP contribution in [0.15, 0.2) is 36.1 Å². The molecule has 0 saturated heterocycles. The maximum Gasteiger partial charge on any atom is 0.147 e. The van der Waals surface area contributed by atoms with Gasteiger partial charge in [0, 0.05) is 7.11 Å². The Labute approximate surface area is 71.6 Å². The van der Waals surface area contributed by atoms with Crippen LogP contribution in [0, 0.1) is 0 Å². The number of rotatable bonds is 3. The topological polar surface area (TPSA) is 38.7 Å². The summed E-state index contributed by atoms with van der Waals surface area (Å²) in [6, 6.07) is 0. The lowest BCUT2D eigenvalue weighted by Gasteiger charge is -2.07. The molecule has 1 aliphatic carbocycles. The fourth-order valence-electron chi connectivity index (χ4n) is 0.857. The largest absolute Gasteiger partial charge is 0.508 e. The summed E-state index contributed by atoms with van der Waals surface area (Å²) in [6.45, 7) is 0.221. The monoisotopic (exact) mass is 168 g/mol. The maximum absolute atomic E-state index is 9.17. The normalized spacial score (nSPS) is 22.1. The Morgan fingerprint density at radius 3 is 3.08 bits per heavy atom. The van der Waals surface area contributed by atoms with Gasteiger partial charge < -0.3 is 14.6 Å². The van der Waals surface area contributed by atoms with Crippen LogP contribution in [0.25, 0.3) is 0 Å². The Hall–Kier alpha value is -1.06. The highest BCUT2D eigenvalue weighted by Crippen LogP contribution is 2.05. The number of aliphatic hydroxyl groups is 1. The minimum atomic E-state index is -0.208. The van der Waals surface area contributed by atoms with Crippen molar-refractivity contribution in [2.75, 3.05) is 13.9 Å². The van der Waals surface area contributed by atoms with Crippen molar-refractivity contribution < 1.29 is 14.6 Å². The van der Waals surface area contributed by atoms with Crippen LogP contribution in [0.1, 0.15) is 0 Å². The van der Waals surface area contributed by atoms with Gasteiger partial charge in [0.2, 0.25) is 0 Å². The Kier molecular flexibility index (Phi) is 3.57. The maximum atomic E-state index is 9.17. The highest BCUT2D eigenvalue weighted by molar-refractivity contribution is 5.24. The summed E-state index contributed by atoms with van der Waals surface area (Å²) in [7, 11) is 1.56. The summed E-state index contributed by atoms with van der Waals surface area (Å²) in [4.78, 5) is 0. The van der Waals surface area contributed by atoms with Crippen molar-refractivity contribution in [2.45, 2.75) is 6.10 Å². The van der Waals surface area contributed by atoms with Gasteiger partial charge in [0.25, 0.3) is 0 Å². The molecule has 0 aromatic carbocycles. The van der Waals surface area contributed by atoms with Crippen LogP contribution >= 0.6 is 0 Å². The van der Waals surface area contributed by atoms with Crippen molar-refractivity contribution in [2.24, 2.45) is 0 Å². The zero-order valence-corrected chi connectivity index (χ0v) is 6.93. The fourth-order valence-corrected chi connectivity index (χ4v) is 0.857. The molecular formula is C9H12O3. The summed E-state index contributed by atoms with van der Waals surface area (Å²) in [6.07, 6.45) is 8.41. The molecule has 0 amide bonds. The van der Waals surface area contributed by atoms with E-state index in [1.54, 1.807) is 25.3 Å². The highest BCUT2D eigenvalue weighted by atomic mass is 16.7. The van der Waals surface area contributed by atoms with E-state index < -0.39 is 0 Å². The van der Waals surface area contributed by atoms with E-state index in [1.807, 2.05) is 12.2 Å². The molecule has 3 nitrogen and oxygen atoms in total. The first kappa shape index (κ1) is 9.03. The lowest BCUT2D eigenvalue weighted by Crippen LogP contribution is -2.09. The first-order valence-electron chi connectivity index (χ1n) is 3.69. The second-order valence-electron chi connectivity index (χ2n) is 2.37. The predicted molar refractivity (Wildman–Crippen MR) is 45.7 cm³/mol. The Bertz CT molecular complexity index is 216. The fraction of sp³-hybridized carbons (Fsp3) is 0.333. The van der Waals surface area contributed by atoms with Crippen molar-refractivity contribution in [1.82, 2.24) is 0 Å². The first-order valence-corrected chi connectivity index (χ1v) is 3.69. The number of hydrogen-bond donors (Lipinski definition) is 1. The van der Waals surface area contributed by atoms with Gasteiger partial charge in [0.15, 0.2) is 0 Å². The zero-order chi connectivity index (χ0) is 8.81. The molecule has 0 aromatic rings. The van der Waals surface area contributed by atoms with Gasteiger partial charge in [0.1, 0.15) is 18.7 Å². The number of allylic oxidation sites excluding steroid dienone is 3. The number of aliphatic hydroxyl groups excluding tert-OH is 1. The average molecular weight is 168 g/mol. The van der Waals surface area contributed by atoms with E-state index in [2.05, 4.69) is 0 Å². The summed E-state index contributed by atoms with van der Waals surface area (Å²) in [5.74, 6) is 0.209. The van der Waals surface area contributed by atoms with Crippen LogP contribution in [0.5, 0.6) is 0 Å². The summed E-state index contributed by atoms with van der Waals surface area (Å²) in [5.41, 5.74) is 0. The third-order valence-electron chi connectivity index (χ3n) is 1.39. The second-order valence-corrected chi connectivity index (χ2v) is 2.37. The zero-order valence-electron chi connectivity index (χ0n) is 6.93. The van der Waals surface area contributed by atoms with Crippen LogP contribution in [0.4, 0.5) is 0 Å². The molecule has 0 aliphatic heterocycles. The minimum absolute atomic E-state index is 0.208. The van der Waals surface area contributed by atoms with Crippen molar-refractivity contribution >= 4 is 0 Å². The molecule has 1 atom stereocenters. The molecule has 0 spiro atoms. The molecular weight excluding hydrogens is 156 g/mol. The lowest BCUT2D eigenvalue weighted by molar-refractivity contribution is -0.0415. The van der Waals surface area contributed by atoms with Gasteiger partial charge in [-0.2, -0.15) is 0 Å². The van der Waals surface area contributed by atoms with Crippen LogP contribution in [0.2, 0.25) is 0 Å². The Morgan fingerprint density at radius 1 is 1.50 bits per heavy atom. The van der Waals surface area contributed by atoms with Gasteiger partial charge in [-0.05, 0) is 12.2 Å². The molecule has 0 saturated carbocycles. The van der Waals surface area contributed by atoms with E-state index in [0.717, 1.165) is 0 Å². The van der Waals surface area contributed by atoms with Gasteiger partial charge in [-0.1, -0.05) is 18.2 Å². The van der Waals surface area contributed by atoms with Gasteiger partial charge in [-0.15, -0.1) is 0 Å². The van der Waals surface area contributed by atoms with Crippen molar-refractivity contribution in [1.29, 1.82) is 0 Å². The molecule has 66 valence electrons. The van der Waals surface area contributed by atoms with E-state index in [1.165, 1.54) is 0 Å². The Morgan fingerprint density at radius 2 is 2.33 bits per heavy atom. The molecule has 1 aliphatic rings. The SMILES string of the molecule is COCOC1C=CC=CC(O)=C1. The van der Waals surface area contributed by atoms with Crippen molar-refractivity contribution in [3.63, 3.8) is 0 Å². The van der Waals surface area contributed by atoms with Gasteiger partial charge in [-0.3, -0.25) is 0 Å². The van der Waals surface area contributed by atoms with E-state index in [-0.39, 0.29) is 18.7 Å². The molecule has 0 aromatic heterocycles. The molecule has 0 bridgehead atoms. The predicted octanol–water partition coefficient (Wildman–Crippen LogP) is 1.54. The van der Waals surface area contributed by atoms with Crippen molar-refractivity contribution in [3.05, 3.63) is 36.1 Å². The summed E-state index contributed by atoms with van der Waals surface area (Å²) < 4.78 is 9.93. The van der Waals surface area contributed by atoms with E-state index in [9.17, 15) is 5.11 Å². The van der Waals surface area contributed by atoms with E-state index in [0.29, 0.717) is 0 Å². The van der Waals surface area contributed by atoms with Gasteiger partial charge in [-0.25, -0.2) is 0 Å². The quantitative estimate of drug-likeness (QED) is 0.650. The molecule has 0 fully saturated rings. The van der Waals surface area contributed by atoms with Gasteiger partial charge in [0.05, 0.1) is 0 Å². The van der Waals surface area contributed by atoms with Crippen LogP contribution in [-0.4, -0.2) is 25.1 Å². The molecule has 1 unspecified atom stereocenters. The van der Waals surface area contributed by atoms with Crippen LogP contribution in [0.3, 0.4) is 0 Å². The number of methoxy groups -OCH3 is 1. The standard InChI is InChI=1S/C9H12O3/c1-11-7-12-9-5-3-2-4-8(10)6-9/h2-6,9-10H,7H2,1H3. The molecule has 0 heterocycles. The number of ether oxygens (including phenoxy) is 2. The second kappa shape index (κ2) is 4.74. The summed E-state index contributed by atoms with van der Waals surface area (Å²) in [5, 5.41) is 9.17. The third kappa shape index (κ3) is 2.90. The highest BCUT2D eigenvalue weighted by Gasteiger charge is 2.03. The smallest absolute Gasteiger partial charge is 0.147 e. The molecule has 0 radical (unpaired) electrons.